The molecule has 2 heterocycles. The molecule has 1 saturated carbocycles. The number of quaternary nitrogens is 1. The van der Waals surface area contributed by atoms with Gasteiger partial charge in [-0.05, 0) is 24.5 Å². The molecule has 2 heteroatoms. The van der Waals surface area contributed by atoms with E-state index in [1.807, 2.05) is 0 Å². The van der Waals surface area contributed by atoms with Crippen molar-refractivity contribution >= 4 is 5.69 Å². The molecule has 0 unspecified atom stereocenters. The minimum atomic E-state index is 0.314. The largest absolute Gasteiger partial charge is 0.333 e. The molecule has 0 spiro atoms. The van der Waals surface area contributed by atoms with Crippen LogP contribution in [0.2, 0.25) is 0 Å². The van der Waals surface area contributed by atoms with Gasteiger partial charge in [0.25, 0.3) is 0 Å². The molecule has 2 nitrogen and oxygen atoms in total. The van der Waals surface area contributed by atoms with E-state index in [4.69, 9.17) is 0 Å². The summed E-state index contributed by atoms with van der Waals surface area (Å²) in [6, 6.07) is 8.98. The lowest BCUT2D eigenvalue weighted by Crippen LogP contribution is -2.98. The highest BCUT2D eigenvalue weighted by Gasteiger charge is 2.64. The molecule has 0 radical (unpaired) electrons. The molecule has 0 aromatic heterocycles. The number of nitrogens with one attached hydrogen (secondary N) is 1. The van der Waals surface area contributed by atoms with Crippen molar-refractivity contribution in [3.63, 3.8) is 0 Å². The average Bonchev–Trinajstić information content (AvgIpc) is 2.80. The van der Waals surface area contributed by atoms with Gasteiger partial charge in [-0.3, -0.25) is 0 Å². The summed E-state index contributed by atoms with van der Waals surface area (Å²) in [5.41, 5.74) is 3.76. The van der Waals surface area contributed by atoms with Crippen LogP contribution in [0.5, 0.6) is 0 Å². The molecule has 2 atom stereocenters. The van der Waals surface area contributed by atoms with Crippen LogP contribution in [0.15, 0.2) is 24.3 Å². The first kappa shape index (κ1) is 9.06. The number of para-hydroxylation sites is 1. The topological polar surface area (TPSA) is 28.6 Å². The van der Waals surface area contributed by atoms with E-state index >= 15 is 0 Å². The maximum absolute atomic E-state index is 3.85. The van der Waals surface area contributed by atoms with Crippen LogP contribution in [0.25, 0.3) is 0 Å². The first-order valence-corrected chi connectivity index (χ1v) is 6.58. The van der Waals surface area contributed by atoms with Gasteiger partial charge in [0.15, 0.2) is 5.66 Å². The fourth-order valence-corrected chi connectivity index (χ4v) is 4.50. The zero-order chi connectivity index (χ0) is 10.6. The Bertz CT molecular complexity index is 442. The highest BCUT2D eigenvalue weighted by Crippen LogP contribution is 2.55. The Balaban J connectivity index is 1.95. The van der Waals surface area contributed by atoms with Gasteiger partial charge in [0.05, 0.1) is 12.0 Å². The average molecular weight is 215 g/mol. The van der Waals surface area contributed by atoms with E-state index in [1.54, 1.807) is 5.56 Å². The molecule has 1 aliphatic carbocycles. The minimum Gasteiger partial charge on any atom is -0.333 e. The van der Waals surface area contributed by atoms with Gasteiger partial charge in [-0.15, -0.1) is 0 Å². The quantitative estimate of drug-likeness (QED) is 0.676. The number of nitrogens with two attached hydrogens (primary N) is 1. The Morgan fingerprint density at radius 1 is 1.06 bits per heavy atom. The molecular weight excluding hydrogens is 196 g/mol. The maximum Gasteiger partial charge on any atom is 0.179 e. The van der Waals surface area contributed by atoms with E-state index in [-0.39, 0.29) is 0 Å². The molecule has 16 heavy (non-hydrogen) atoms. The number of hydrogen-bond acceptors (Lipinski definition) is 1. The lowest BCUT2D eigenvalue weighted by molar-refractivity contribution is -0.707. The van der Waals surface area contributed by atoms with Crippen molar-refractivity contribution in [2.45, 2.75) is 43.2 Å². The molecule has 0 amide bonds. The van der Waals surface area contributed by atoms with Crippen LogP contribution in [-0.2, 0) is 5.41 Å². The summed E-state index contributed by atoms with van der Waals surface area (Å²) in [4.78, 5) is 0. The molecule has 3 aliphatic rings. The normalized spacial score (nSPS) is 39.8. The molecule has 3 N–H and O–H groups in total. The minimum absolute atomic E-state index is 0.314. The first-order chi connectivity index (χ1) is 7.86. The van der Waals surface area contributed by atoms with E-state index in [9.17, 15) is 0 Å². The predicted octanol–water partition coefficient (Wildman–Crippen LogP) is 1.59. The van der Waals surface area contributed by atoms with Crippen LogP contribution in [0.4, 0.5) is 5.69 Å². The molecule has 2 fully saturated rings. The third kappa shape index (κ3) is 0.844. The fraction of sp³-hybridized carbons (Fsp3) is 0.571. The standard InChI is InChI=1S/C14H18N2/c1-2-6-12-11(5-1)13-7-3-4-8-14(13,16-12)15-10-9-13/h1-2,5-6,15-16H,3-4,7-10H2/p+1/t13-,14+/m0/s1. The second-order valence-electron chi connectivity index (χ2n) is 5.67. The monoisotopic (exact) mass is 215 g/mol. The van der Waals surface area contributed by atoms with Gasteiger partial charge >= 0.3 is 0 Å². The maximum atomic E-state index is 3.85. The zero-order valence-electron chi connectivity index (χ0n) is 9.63. The predicted molar refractivity (Wildman–Crippen MR) is 64.4 cm³/mol. The van der Waals surface area contributed by atoms with Crippen LogP contribution in [0.1, 0.15) is 37.7 Å². The number of benzene rings is 1. The summed E-state index contributed by atoms with van der Waals surface area (Å²) < 4.78 is 0. The highest BCUT2D eigenvalue weighted by atomic mass is 15.3. The van der Waals surface area contributed by atoms with Crippen LogP contribution < -0.4 is 10.6 Å². The molecule has 0 bridgehead atoms. The summed E-state index contributed by atoms with van der Waals surface area (Å²) in [7, 11) is 0. The zero-order valence-corrected chi connectivity index (χ0v) is 9.63. The van der Waals surface area contributed by atoms with Crippen molar-refractivity contribution in [1.82, 2.24) is 0 Å². The van der Waals surface area contributed by atoms with Crippen LogP contribution in [-0.4, -0.2) is 12.2 Å². The summed E-state index contributed by atoms with van der Waals surface area (Å²) in [5.74, 6) is 0. The lowest BCUT2D eigenvalue weighted by Gasteiger charge is -2.41. The van der Waals surface area contributed by atoms with E-state index in [0.717, 1.165) is 0 Å². The van der Waals surface area contributed by atoms with Gasteiger partial charge in [-0.25, -0.2) is 0 Å². The second-order valence-corrected chi connectivity index (χ2v) is 5.67. The SMILES string of the molecule is c1ccc2c(c1)N[C@]13CCCC[C@]21CC[NH2+]3. The number of hydrogen-bond donors (Lipinski definition) is 2. The van der Waals surface area contributed by atoms with E-state index < -0.39 is 0 Å². The molecule has 4 rings (SSSR count). The van der Waals surface area contributed by atoms with Crippen molar-refractivity contribution in [2.75, 3.05) is 11.9 Å². The van der Waals surface area contributed by atoms with Crippen molar-refractivity contribution in [3.8, 4) is 0 Å². The lowest BCUT2D eigenvalue weighted by atomic mass is 9.65. The molecule has 2 aliphatic heterocycles. The van der Waals surface area contributed by atoms with E-state index in [0.29, 0.717) is 11.1 Å². The summed E-state index contributed by atoms with van der Waals surface area (Å²) in [6.45, 7) is 1.29. The Morgan fingerprint density at radius 3 is 2.94 bits per heavy atom. The Hall–Kier alpha value is -1.02. The molecule has 1 aromatic carbocycles. The van der Waals surface area contributed by atoms with Gasteiger partial charge in [0, 0.05) is 18.5 Å². The summed E-state index contributed by atoms with van der Waals surface area (Å²) in [5, 5.41) is 6.42. The van der Waals surface area contributed by atoms with Gasteiger partial charge in [0.1, 0.15) is 0 Å². The van der Waals surface area contributed by atoms with Crippen LogP contribution in [0, 0.1) is 0 Å². The Morgan fingerprint density at radius 2 is 1.94 bits per heavy atom. The molecule has 84 valence electrons. The van der Waals surface area contributed by atoms with Crippen LogP contribution in [0.3, 0.4) is 0 Å². The van der Waals surface area contributed by atoms with E-state index in [2.05, 4.69) is 34.9 Å². The van der Waals surface area contributed by atoms with Gasteiger partial charge < -0.3 is 10.6 Å². The molecular formula is C14H19N2+. The number of rotatable bonds is 0. The van der Waals surface area contributed by atoms with Crippen LogP contribution >= 0.6 is 0 Å². The van der Waals surface area contributed by atoms with Crippen molar-refractivity contribution < 1.29 is 5.32 Å². The van der Waals surface area contributed by atoms with Gasteiger partial charge in [-0.1, -0.05) is 24.6 Å². The first-order valence-electron chi connectivity index (χ1n) is 6.58. The number of anilines is 1. The summed E-state index contributed by atoms with van der Waals surface area (Å²) in [6.07, 6.45) is 6.87. The third-order valence-electron chi connectivity index (χ3n) is 5.14. The Labute approximate surface area is 96.4 Å². The van der Waals surface area contributed by atoms with Crippen molar-refractivity contribution in [3.05, 3.63) is 29.8 Å². The molecule has 1 aromatic rings. The molecule has 1 saturated heterocycles. The second kappa shape index (κ2) is 2.80. The smallest absolute Gasteiger partial charge is 0.179 e. The number of fused-ring (bicyclic) bond motifs is 1. The van der Waals surface area contributed by atoms with Gasteiger partial charge in [-0.2, -0.15) is 0 Å². The Kier molecular flexibility index (Phi) is 1.59. The van der Waals surface area contributed by atoms with Crippen molar-refractivity contribution in [2.24, 2.45) is 0 Å². The summed E-state index contributed by atoms with van der Waals surface area (Å²) >= 11 is 0. The highest BCUT2D eigenvalue weighted by molar-refractivity contribution is 5.64. The fourth-order valence-electron chi connectivity index (χ4n) is 4.50. The van der Waals surface area contributed by atoms with Gasteiger partial charge in [0.2, 0.25) is 0 Å². The van der Waals surface area contributed by atoms with E-state index in [1.165, 1.54) is 44.3 Å². The third-order valence-corrected chi connectivity index (χ3v) is 5.14. The van der Waals surface area contributed by atoms with Crippen molar-refractivity contribution in [1.29, 1.82) is 0 Å².